The van der Waals surface area contributed by atoms with Crippen molar-refractivity contribution in [2.24, 2.45) is 5.73 Å². The van der Waals surface area contributed by atoms with Crippen molar-refractivity contribution in [3.8, 4) is 11.5 Å². The van der Waals surface area contributed by atoms with Crippen LogP contribution in [0.1, 0.15) is 18.4 Å². The summed E-state index contributed by atoms with van der Waals surface area (Å²) in [6, 6.07) is 3.62. The number of ether oxygens (including phenoxy) is 1. The molecule has 0 radical (unpaired) electrons. The van der Waals surface area contributed by atoms with Gasteiger partial charge in [0.2, 0.25) is 0 Å². The summed E-state index contributed by atoms with van der Waals surface area (Å²) in [6.45, 7) is 0.545. The molecule has 3 nitrogen and oxygen atoms in total. The van der Waals surface area contributed by atoms with Crippen molar-refractivity contribution in [2.75, 3.05) is 13.7 Å². The van der Waals surface area contributed by atoms with Crippen molar-refractivity contribution in [1.82, 2.24) is 0 Å². The first-order chi connectivity index (χ1) is 7.14. The van der Waals surface area contributed by atoms with E-state index < -0.39 is 0 Å². The number of halogens is 1. The Morgan fingerprint density at radius 2 is 2.20 bits per heavy atom. The van der Waals surface area contributed by atoms with Crippen molar-refractivity contribution in [3.63, 3.8) is 0 Å². The highest BCUT2D eigenvalue weighted by atomic mass is 35.5. The Hall–Kier alpha value is -0.930. The molecule has 0 amide bonds. The van der Waals surface area contributed by atoms with Crippen LogP contribution in [-0.2, 0) is 5.41 Å². The normalized spacial score (nSPS) is 17.5. The number of phenols is 1. The first kappa shape index (κ1) is 10.6. The van der Waals surface area contributed by atoms with Crippen molar-refractivity contribution >= 4 is 11.6 Å². The van der Waals surface area contributed by atoms with Crippen LogP contribution in [0.4, 0.5) is 0 Å². The second-order valence-electron chi connectivity index (χ2n) is 3.96. The summed E-state index contributed by atoms with van der Waals surface area (Å²) in [6.07, 6.45) is 2.03. The molecule has 82 valence electrons. The van der Waals surface area contributed by atoms with Crippen LogP contribution in [0.25, 0.3) is 0 Å². The molecule has 0 spiro atoms. The minimum atomic E-state index is -0.0556. The summed E-state index contributed by atoms with van der Waals surface area (Å²) in [5.41, 5.74) is 6.49. The van der Waals surface area contributed by atoms with E-state index in [4.69, 9.17) is 22.1 Å². The van der Waals surface area contributed by atoms with Gasteiger partial charge in [-0.2, -0.15) is 0 Å². The van der Waals surface area contributed by atoms with Gasteiger partial charge in [-0.05, 0) is 18.9 Å². The van der Waals surface area contributed by atoms with E-state index in [1.54, 1.807) is 6.07 Å². The molecule has 15 heavy (non-hydrogen) atoms. The summed E-state index contributed by atoms with van der Waals surface area (Å²) in [7, 11) is 1.52. The lowest BCUT2D eigenvalue weighted by Crippen LogP contribution is -2.19. The van der Waals surface area contributed by atoms with Crippen LogP contribution in [0.5, 0.6) is 11.5 Å². The average Bonchev–Trinajstić information content (AvgIpc) is 3.03. The van der Waals surface area contributed by atoms with Gasteiger partial charge in [-0.3, -0.25) is 0 Å². The van der Waals surface area contributed by atoms with Crippen molar-refractivity contribution in [3.05, 3.63) is 22.7 Å². The fraction of sp³-hybridized carbons (Fsp3) is 0.455. The molecule has 1 aromatic rings. The van der Waals surface area contributed by atoms with Gasteiger partial charge in [0.15, 0.2) is 0 Å². The number of methoxy groups -OCH3 is 1. The molecule has 1 fully saturated rings. The molecule has 0 atom stereocenters. The maximum atomic E-state index is 9.95. The van der Waals surface area contributed by atoms with Gasteiger partial charge < -0.3 is 15.6 Å². The van der Waals surface area contributed by atoms with Gasteiger partial charge in [-0.25, -0.2) is 0 Å². The second kappa shape index (κ2) is 3.58. The Morgan fingerprint density at radius 1 is 1.53 bits per heavy atom. The third kappa shape index (κ3) is 1.56. The summed E-state index contributed by atoms with van der Waals surface area (Å²) in [5.74, 6) is 0.602. The monoisotopic (exact) mass is 227 g/mol. The summed E-state index contributed by atoms with van der Waals surface area (Å²) >= 11 is 5.97. The van der Waals surface area contributed by atoms with E-state index in [9.17, 15) is 5.11 Å². The zero-order chi connectivity index (χ0) is 11.1. The molecular weight excluding hydrogens is 214 g/mol. The Kier molecular flexibility index (Phi) is 2.52. The topological polar surface area (TPSA) is 55.5 Å². The first-order valence-corrected chi connectivity index (χ1v) is 5.28. The largest absolute Gasteiger partial charge is 0.506 e. The van der Waals surface area contributed by atoms with Crippen LogP contribution < -0.4 is 10.5 Å². The molecule has 0 heterocycles. The minimum Gasteiger partial charge on any atom is -0.506 e. The van der Waals surface area contributed by atoms with Gasteiger partial charge in [0.05, 0.1) is 7.11 Å². The predicted octanol–water partition coefficient (Wildman–Crippen LogP) is 2.04. The molecular formula is C11H14ClNO2. The van der Waals surface area contributed by atoms with E-state index in [0.29, 0.717) is 12.3 Å². The Balaban J connectivity index is 2.47. The lowest BCUT2D eigenvalue weighted by Gasteiger charge is -2.16. The maximum Gasteiger partial charge on any atom is 0.141 e. The second-order valence-corrected chi connectivity index (χ2v) is 4.34. The summed E-state index contributed by atoms with van der Waals surface area (Å²) in [5, 5.41) is 10.2. The number of aromatic hydroxyl groups is 1. The Labute approximate surface area is 93.8 Å². The lowest BCUT2D eigenvalue weighted by atomic mass is 9.95. The van der Waals surface area contributed by atoms with Crippen LogP contribution in [0, 0.1) is 0 Å². The fourth-order valence-electron chi connectivity index (χ4n) is 1.87. The highest BCUT2D eigenvalue weighted by molar-refractivity contribution is 6.33. The lowest BCUT2D eigenvalue weighted by molar-refractivity contribution is 0.405. The van der Waals surface area contributed by atoms with Crippen molar-refractivity contribution in [2.45, 2.75) is 18.3 Å². The molecule has 0 aromatic heterocycles. The number of benzene rings is 1. The molecule has 3 N–H and O–H groups in total. The maximum absolute atomic E-state index is 9.95. The number of rotatable bonds is 3. The van der Waals surface area contributed by atoms with Gasteiger partial charge in [-0.1, -0.05) is 17.7 Å². The quantitative estimate of drug-likeness (QED) is 0.831. The van der Waals surface area contributed by atoms with Gasteiger partial charge in [0, 0.05) is 17.5 Å². The fourth-order valence-corrected chi connectivity index (χ4v) is 2.11. The Morgan fingerprint density at radius 3 is 2.67 bits per heavy atom. The molecule has 4 heteroatoms. The van der Waals surface area contributed by atoms with E-state index in [1.165, 1.54) is 7.11 Å². The molecule has 0 aliphatic heterocycles. The smallest absolute Gasteiger partial charge is 0.141 e. The highest BCUT2D eigenvalue weighted by Gasteiger charge is 2.45. The van der Waals surface area contributed by atoms with Gasteiger partial charge in [0.25, 0.3) is 0 Å². The minimum absolute atomic E-state index is 0.0556. The van der Waals surface area contributed by atoms with Crippen LogP contribution in [0.15, 0.2) is 12.1 Å². The molecule has 0 saturated heterocycles. The molecule has 1 aliphatic carbocycles. The van der Waals surface area contributed by atoms with Crippen LogP contribution in [-0.4, -0.2) is 18.8 Å². The van der Waals surface area contributed by atoms with Crippen molar-refractivity contribution < 1.29 is 9.84 Å². The number of hydrogen-bond acceptors (Lipinski definition) is 3. The third-order valence-corrected chi connectivity index (χ3v) is 3.48. The molecule has 0 bridgehead atoms. The molecule has 1 saturated carbocycles. The van der Waals surface area contributed by atoms with Crippen LogP contribution >= 0.6 is 11.6 Å². The summed E-state index contributed by atoms with van der Waals surface area (Å²) < 4.78 is 5.02. The standard InChI is InChI=1S/C11H14ClNO2/c1-15-8-3-2-7(10(14)9(8)12)11(6-13)4-5-11/h2-3,14H,4-6,13H2,1H3. The van der Waals surface area contributed by atoms with Crippen LogP contribution in [0.2, 0.25) is 5.02 Å². The summed E-state index contributed by atoms with van der Waals surface area (Å²) in [4.78, 5) is 0. The average molecular weight is 228 g/mol. The first-order valence-electron chi connectivity index (χ1n) is 4.90. The predicted molar refractivity (Wildman–Crippen MR) is 59.6 cm³/mol. The van der Waals surface area contributed by atoms with Gasteiger partial charge in [0.1, 0.15) is 16.5 Å². The highest BCUT2D eigenvalue weighted by Crippen LogP contribution is 2.52. The van der Waals surface area contributed by atoms with E-state index in [2.05, 4.69) is 0 Å². The number of phenolic OH excluding ortho intramolecular Hbond substituents is 1. The zero-order valence-corrected chi connectivity index (χ0v) is 9.34. The van der Waals surface area contributed by atoms with Crippen LogP contribution in [0.3, 0.4) is 0 Å². The molecule has 0 unspecified atom stereocenters. The zero-order valence-electron chi connectivity index (χ0n) is 8.59. The molecule has 1 aromatic carbocycles. The van der Waals surface area contributed by atoms with E-state index in [0.717, 1.165) is 18.4 Å². The van der Waals surface area contributed by atoms with E-state index in [1.807, 2.05) is 6.07 Å². The van der Waals surface area contributed by atoms with Gasteiger partial charge >= 0.3 is 0 Å². The number of nitrogens with two attached hydrogens (primary N) is 1. The Bertz CT molecular complexity index is 388. The molecule has 2 rings (SSSR count). The van der Waals surface area contributed by atoms with E-state index in [-0.39, 0.29) is 16.2 Å². The van der Waals surface area contributed by atoms with E-state index >= 15 is 0 Å². The SMILES string of the molecule is COc1ccc(C2(CN)CC2)c(O)c1Cl. The third-order valence-electron chi connectivity index (χ3n) is 3.12. The number of hydrogen-bond donors (Lipinski definition) is 2. The van der Waals surface area contributed by atoms with Gasteiger partial charge in [-0.15, -0.1) is 0 Å². The molecule has 1 aliphatic rings. The van der Waals surface area contributed by atoms with Crippen molar-refractivity contribution in [1.29, 1.82) is 0 Å².